The van der Waals surface area contributed by atoms with E-state index in [2.05, 4.69) is 20.2 Å². The zero-order chi connectivity index (χ0) is 62.4. The number of carbonyl (C=O) groups is 1. The summed E-state index contributed by atoms with van der Waals surface area (Å²) in [6.07, 6.45) is -1.27. The Bertz CT molecular complexity index is 3710. The molecule has 4 aromatic heterocycles. The Morgan fingerprint density at radius 2 is 0.809 bits per heavy atom. The third-order valence-electron chi connectivity index (χ3n) is 14.6. The standard InChI is InChI=1S/C33H34N4O5.C32H32N4O5.C2H4O2.CH4O/c1-38-33(29-18-17-27-32(34)35-23-36-37(27)29)31(41-21-26-15-9-4-10-16-26)30(40-20-25-13-7-3-8-14-25)28(42-33)22-39-19-24-11-5-2-6-12-24;33-31-26-16-17-28(36(26)35-22-34-31)32(37)30(40-20-25-14-8-3-9-15-25)29(39-19-24-12-6-2-7-13-24)27(41-32)21-38-18-23-10-4-1-5-11-23;1-2(3)4;1-2/h2-18,23,28,30-31H,19-22H2,1H3,(H2,34,35,36);1-17,22,27,29-30,37H,18-21H2,(H2,33,34,35);1H3,(H,3,4);2H,1H3/t28-,30-,31-,33?;27-,29-,30-,32?;;/m11../s1. The van der Waals surface area contributed by atoms with Gasteiger partial charge in [-0.25, -0.2) is 19.0 Å². The zero-order valence-corrected chi connectivity index (χ0v) is 49.7. The lowest BCUT2D eigenvalue weighted by Gasteiger charge is -2.33. The van der Waals surface area contributed by atoms with Crippen LogP contribution in [0.2, 0.25) is 0 Å². The third-order valence-corrected chi connectivity index (χ3v) is 14.6. The quantitative estimate of drug-likeness (QED) is 0.0400. The summed E-state index contributed by atoms with van der Waals surface area (Å²) >= 11 is 0. The van der Waals surface area contributed by atoms with E-state index in [-0.39, 0.29) is 25.6 Å². The van der Waals surface area contributed by atoms with E-state index in [4.69, 9.17) is 69.1 Å². The van der Waals surface area contributed by atoms with Crippen molar-refractivity contribution >= 4 is 28.6 Å². The number of aliphatic carboxylic acids is 1. The van der Waals surface area contributed by atoms with Crippen molar-refractivity contribution in [1.29, 1.82) is 0 Å². The summed E-state index contributed by atoms with van der Waals surface area (Å²) in [6.45, 7) is 3.54. The van der Waals surface area contributed by atoms with Crippen LogP contribution in [0.15, 0.2) is 219 Å². The van der Waals surface area contributed by atoms with Crippen LogP contribution in [0.3, 0.4) is 0 Å². The summed E-state index contributed by atoms with van der Waals surface area (Å²) in [5.41, 5.74) is 20.5. The van der Waals surface area contributed by atoms with E-state index in [0.717, 1.165) is 47.4 Å². The fourth-order valence-corrected chi connectivity index (χ4v) is 10.5. The third kappa shape index (κ3) is 16.3. The highest BCUT2D eigenvalue weighted by Crippen LogP contribution is 2.46. The van der Waals surface area contributed by atoms with E-state index in [9.17, 15) is 5.11 Å². The van der Waals surface area contributed by atoms with Gasteiger partial charge in [-0.3, -0.25) is 4.79 Å². The number of hydrogen-bond donors (Lipinski definition) is 5. The van der Waals surface area contributed by atoms with Crippen molar-refractivity contribution in [2.45, 2.75) is 94.8 Å². The minimum Gasteiger partial charge on any atom is -0.481 e. The maximum absolute atomic E-state index is 12.3. The maximum atomic E-state index is 12.3. The Kier molecular flexibility index (Phi) is 23.2. The normalized spacial score (nSPS) is 21.0. The lowest BCUT2D eigenvalue weighted by atomic mass is 10.0. The number of hydrogen-bond acceptors (Lipinski definition) is 18. The van der Waals surface area contributed by atoms with Crippen LogP contribution in [0, 0.1) is 0 Å². The number of carboxylic acid groups (broad SMARTS) is 1. The molecule has 12 rings (SSSR count). The Balaban J connectivity index is 0.000000194. The fraction of sp³-hybridized carbons (Fsp3) is 0.279. The highest BCUT2D eigenvalue weighted by atomic mass is 16.7. The first-order valence-corrected chi connectivity index (χ1v) is 28.8. The van der Waals surface area contributed by atoms with E-state index in [1.54, 1.807) is 23.8 Å². The first kappa shape index (κ1) is 64.7. The van der Waals surface area contributed by atoms with Crippen molar-refractivity contribution in [3.8, 4) is 0 Å². The lowest BCUT2D eigenvalue weighted by molar-refractivity contribution is -0.271. The number of anilines is 2. The van der Waals surface area contributed by atoms with Crippen LogP contribution in [0.5, 0.6) is 0 Å². The van der Waals surface area contributed by atoms with Crippen LogP contribution in [-0.2, 0) is 98.6 Å². The van der Waals surface area contributed by atoms with Crippen LogP contribution < -0.4 is 11.5 Å². The highest BCUT2D eigenvalue weighted by molar-refractivity contribution is 5.66. The van der Waals surface area contributed by atoms with Crippen LogP contribution in [0.4, 0.5) is 11.6 Å². The van der Waals surface area contributed by atoms with Gasteiger partial charge in [-0.15, -0.1) is 0 Å². The number of nitrogens with two attached hydrogens (primary N) is 2. The molecule has 2 unspecified atom stereocenters. The summed E-state index contributed by atoms with van der Waals surface area (Å²) in [5.74, 6) is -3.51. The van der Waals surface area contributed by atoms with Crippen LogP contribution in [-0.4, -0.2) is 115 Å². The van der Waals surface area contributed by atoms with Crippen molar-refractivity contribution in [1.82, 2.24) is 29.2 Å². The number of ether oxygens (including phenoxy) is 9. The van der Waals surface area contributed by atoms with Gasteiger partial charge in [0.15, 0.2) is 11.6 Å². The fourth-order valence-electron chi connectivity index (χ4n) is 10.5. The maximum Gasteiger partial charge on any atom is 0.300 e. The number of carboxylic acids is 1. The monoisotopic (exact) mass is 1210 g/mol. The van der Waals surface area contributed by atoms with Gasteiger partial charge in [0.25, 0.3) is 5.97 Å². The summed E-state index contributed by atoms with van der Waals surface area (Å²) in [6, 6.07) is 66.7. The van der Waals surface area contributed by atoms with E-state index in [1.807, 2.05) is 194 Å². The summed E-state index contributed by atoms with van der Waals surface area (Å²) in [5, 5.41) is 35.6. The molecule has 6 heterocycles. The first-order chi connectivity index (χ1) is 43.5. The molecule has 21 nitrogen and oxygen atoms in total. The number of aliphatic hydroxyl groups is 2. The molecule has 0 spiro atoms. The minimum absolute atomic E-state index is 0.169. The predicted molar refractivity (Wildman–Crippen MR) is 331 cm³/mol. The van der Waals surface area contributed by atoms with Gasteiger partial charge >= 0.3 is 0 Å². The minimum atomic E-state index is -1.93. The number of fused-ring (bicyclic) bond motifs is 2. The molecule has 7 N–H and O–H groups in total. The Morgan fingerprint density at radius 1 is 0.483 bits per heavy atom. The van der Waals surface area contributed by atoms with Crippen LogP contribution in [0.1, 0.15) is 51.7 Å². The van der Waals surface area contributed by atoms with Crippen molar-refractivity contribution in [2.24, 2.45) is 0 Å². The Labute approximate surface area is 515 Å². The molecule has 89 heavy (non-hydrogen) atoms. The zero-order valence-electron chi connectivity index (χ0n) is 49.7. The molecule has 6 aromatic carbocycles. The Hall–Kier alpha value is -8.81. The van der Waals surface area contributed by atoms with Gasteiger partial charge in [0.05, 0.1) is 52.9 Å². The second kappa shape index (κ2) is 31.9. The Morgan fingerprint density at radius 3 is 1.20 bits per heavy atom. The van der Waals surface area contributed by atoms with Gasteiger partial charge in [0, 0.05) is 21.1 Å². The van der Waals surface area contributed by atoms with E-state index < -0.39 is 54.2 Å². The molecule has 0 amide bonds. The molecule has 464 valence electrons. The number of aromatic nitrogens is 6. The molecular weight excluding hydrogens is 1140 g/mol. The molecular formula is C68H74N8O13. The van der Waals surface area contributed by atoms with Crippen molar-refractivity contribution in [3.05, 3.63) is 264 Å². The molecule has 2 aliphatic heterocycles. The second-order valence-corrected chi connectivity index (χ2v) is 20.7. The van der Waals surface area contributed by atoms with Gasteiger partial charge in [-0.2, -0.15) is 10.2 Å². The molecule has 2 saturated heterocycles. The topological polar surface area (TPSA) is 273 Å². The van der Waals surface area contributed by atoms with E-state index in [0.29, 0.717) is 61.3 Å². The predicted octanol–water partition coefficient (Wildman–Crippen LogP) is 8.84. The molecule has 8 atom stereocenters. The average Bonchev–Trinajstić information content (AvgIpc) is 1.60. The largest absolute Gasteiger partial charge is 0.481 e. The van der Waals surface area contributed by atoms with Crippen LogP contribution >= 0.6 is 0 Å². The van der Waals surface area contributed by atoms with Gasteiger partial charge in [0.1, 0.15) is 71.7 Å². The first-order valence-electron chi connectivity index (χ1n) is 28.8. The number of nitrogen functional groups attached to an aromatic ring is 2. The molecule has 0 bridgehead atoms. The molecule has 10 aromatic rings. The van der Waals surface area contributed by atoms with Crippen molar-refractivity contribution < 1.29 is 62.7 Å². The molecule has 21 heteroatoms. The number of nitrogens with zero attached hydrogens (tertiary/aromatic N) is 6. The molecule has 0 saturated carbocycles. The number of rotatable bonds is 23. The number of benzene rings is 6. The van der Waals surface area contributed by atoms with E-state index in [1.165, 1.54) is 17.2 Å². The lowest BCUT2D eigenvalue weighted by Crippen LogP contribution is -2.46. The van der Waals surface area contributed by atoms with Gasteiger partial charge < -0.3 is 69.4 Å². The van der Waals surface area contributed by atoms with E-state index >= 15 is 0 Å². The van der Waals surface area contributed by atoms with Gasteiger partial charge in [-0.05, 0) is 57.6 Å². The average molecular weight is 1210 g/mol. The smallest absolute Gasteiger partial charge is 0.300 e. The highest BCUT2D eigenvalue weighted by Gasteiger charge is 2.61. The van der Waals surface area contributed by atoms with Crippen molar-refractivity contribution in [3.63, 3.8) is 0 Å². The van der Waals surface area contributed by atoms with Gasteiger partial charge in [0.2, 0.25) is 11.6 Å². The van der Waals surface area contributed by atoms with Crippen molar-refractivity contribution in [2.75, 3.05) is 38.9 Å². The molecule has 0 radical (unpaired) electrons. The number of methoxy groups -OCH3 is 1. The summed E-state index contributed by atoms with van der Waals surface area (Å²) < 4.78 is 61.2. The van der Waals surface area contributed by atoms with Gasteiger partial charge in [-0.1, -0.05) is 182 Å². The molecule has 2 fully saturated rings. The summed E-state index contributed by atoms with van der Waals surface area (Å²) in [7, 11) is 2.60. The molecule has 0 aliphatic carbocycles. The van der Waals surface area contributed by atoms with Crippen LogP contribution in [0.25, 0.3) is 11.0 Å². The molecule has 2 aliphatic rings. The SMILES string of the molecule is CC(=O)O.CO.COC1(c2ccc3c(N)ncnn23)O[C@H](COCc2ccccc2)[C@@H](OCc2ccccc2)[C@H]1OCc1ccccc1.Nc1ncnn2c(C3(O)O[C@H](COCc4ccccc4)[C@@H](OCc4ccccc4)[C@H]3OCc3ccccc3)ccc12. The number of aliphatic hydroxyl groups excluding tert-OH is 1. The summed E-state index contributed by atoms with van der Waals surface area (Å²) in [4.78, 5) is 17.2. The second-order valence-electron chi connectivity index (χ2n) is 20.7.